The summed E-state index contributed by atoms with van der Waals surface area (Å²) in [6.45, 7) is 3.50. The lowest BCUT2D eigenvalue weighted by molar-refractivity contribution is 0.0828. The van der Waals surface area contributed by atoms with Gasteiger partial charge in [0.25, 0.3) is 0 Å². The molecule has 0 aromatic heterocycles. The van der Waals surface area contributed by atoms with E-state index in [0.29, 0.717) is 12.6 Å². The van der Waals surface area contributed by atoms with E-state index in [1.807, 2.05) is 30.0 Å². The van der Waals surface area contributed by atoms with Crippen LogP contribution >= 0.6 is 15.9 Å². The Morgan fingerprint density at radius 2 is 2.18 bits per heavy atom. The zero-order valence-corrected chi connectivity index (χ0v) is 14.5. The Kier molecular flexibility index (Phi) is 5.03. The standard InChI is InChI=1S/C17H23BrN2O2/c1-12(16-7-4-10-22-16)19-17(21)20(14-8-9-14)11-13-5-2-3-6-15(13)18/h2-3,5-6,12,14,16H,4,7-11H2,1H3,(H,19,21). The second-order valence-corrected chi connectivity index (χ2v) is 7.09. The van der Waals surface area contributed by atoms with E-state index in [9.17, 15) is 4.79 Å². The fraction of sp³-hybridized carbons (Fsp3) is 0.588. The average molecular weight is 367 g/mol. The molecule has 5 heteroatoms. The molecule has 4 nitrogen and oxygen atoms in total. The molecule has 1 aliphatic heterocycles. The Labute approximate surface area is 140 Å². The van der Waals surface area contributed by atoms with Crippen molar-refractivity contribution in [3.8, 4) is 0 Å². The highest BCUT2D eigenvalue weighted by Crippen LogP contribution is 2.30. The number of carbonyl (C=O) groups is 1. The first-order chi connectivity index (χ1) is 10.6. The van der Waals surface area contributed by atoms with Gasteiger partial charge in [0, 0.05) is 23.7 Å². The van der Waals surface area contributed by atoms with Crippen molar-refractivity contribution in [3.05, 3.63) is 34.3 Å². The SMILES string of the molecule is CC(NC(=O)N(Cc1ccccc1Br)C1CC1)C1CCCO1. The monoisotopic (exact) mass is 366 g/mol. The van der Waals surface area contributed by atoms with E-state index in [-0.39, 0.29) is 18.2 Å². The summed E-state index contributed by atoms with van der Waals surface area (Å²) in [5.41, 5.74) is 1.15. The van der Waals surface area contributed by atoms with E-state index in [1.165, 1.54) is 0 Å². The highest BCUT2D eigenvalue weighted by Gasteiger charge is 2.34. The minimum atomic E-state index is 0.0289. The first-order valence-electron chi connectivity index (χ1n) is 8.07. The first-order valence-corrected chi connectivity index (χ1v) is 8.86. The molecule has 1 N–H and O–H groups in total. The van der Waals surface area contributed by atoms with E-state index in [2.05, 4.69) is 27.3 Å². The van der Waals surface area contributed by atoms with E-state index in [0.717, 1.165) is 42.3 Å². The molecule has 22 heavy (non-hydrogen) atoms. The van der Waals surface area contributed by atoms with Gasteiger partial charge in [-0.1, -0.05) is 34.1 Å². The van der Waals surface area contributed by atoms with Crippen molar-refractivity contribution in [2.75, 3.05) is 6.61 Å². The summed E-state index contributed by atoms with van der Waals surface area (Å²) in [7, 11) is 0. The van der Waals surface area contributed by atoms with Gasteiger partial charge in [-0.3, -0.25) is 0 Å². The highest BCUT2D eigenvalue weighted by molar-refractivity contribution is 9.10. The van der Waals surface area contributed by atoms with Gasteiger partial charge in [0.2, 0.25) is 0 Å². The molecular formula is C17H23BrN2O2. The molecule has 2 aliphatic rings. The van der Waals surface area contributed by atoms with Crippen LogP contribution in [-0.2, 0) is 11.3 Å². The van der Waals surface area contributed by atoms with Gasteiger partial charge in [0.05, 0.1) is 12.1 Å². The maximum absolute atomic E-state index is 12.7. The van der Waals surface area contributed by atoms with Gasteiger partial charge in [0.15, 0.2) is 0 Å². The Hall–Kier alpha value is -1.07. The Morgan fingerprint density at radius 1 is 1.41 bits per heavy atom. The van der Waals surface area contributed by atoms with Crippen molar-refractivity contribution in [2.45, 2.75) is 57.3 Å². The van der Waals surface area contributed by atoms with Gasteiger partial charge in [-0.25, -0.2) is 4.79 Å². The van der Waals surface area contributed by atoms with E-state index < -0.39 is 0 Å². The van der Waals surface area contributed by atoms with Crippen LogP contribution in [0.25, 0.3) is 0 Å². The van der Waals surface area contributed by atoms with Crippen molar-refractivity contribution < 1.29 is 9.53 Å². The van der Waals surface area contributed by atoms with Crippen molar-refractivity contribution in [1.82, 2.24) is 10.2 Å². The molecule has 1 heterocycles. The number of amides is 2. The largest absolute Gasteiger partial charge is 0.376 e. The van der Waals surface area contributed by atoms with E-state index in [1.54, 1.807) is 0 Å². The van der Waals surface area contributed by atoms with E-state index >= 15 is 0 Å². The predicted octanol–water partition coefficient (Wildman–Crippen LogP) is 3.69. The molecule has 1 aliphatic carbocycles. The lowest BCUT2D eigenvalue weighted by atomic mass is 10.1. The third kappa shape index (κ3) is 3.82. The minimum absolute atomic E-state index is 0.0289. The zero-order chi connectivity index (χ0) is 15.5. The number of halogens is 1. The lowest BCUT2D eigenvalue weighted by Gasteiger charge is -2.27. The molecule has 0 spiro atoms. The average Bonchev–Trinajstić information content (AvgIpc) is 3.18. The molecule has 0 bridgehead atoms. The number of nitrogens with one attached hydrogen (secondary N) is 1. The number of nitrogens with zero attached hydrogens (tertiary/aromatic N) is 1. The second-order valence-electron chi connectivity index (χ2n) is 6.24. The van der Waals surface area contributed by atoms with Crippen LogP contribution in [0.5, 0.6) is 0 Å². The van der Waals surface area contributed by atoms with Crippen LogP contribution in [0.3, 0.4) is 0 Å². The molecule has 2 unspecified atom stereocenters. The molecule has 1 saturated carbocycles. The molecule has 1 aromatic carbocycles. The molecule has 2 atom stereocenters. The fourth-order valence-corrected chi connectivity index (χ4v) is 3.34. The van der Waals surface area contributed by atoms with Crippen LogP contribution in [0.1, 0.15) is 38.2 Å². The maximum Gasteiger partial charge on any atom is 0.318 e. The Balaban J connectivity index is 1.63. The van der Waals surface area contributed by atoms with Crippen LogP contribution in [0, 0.1) is 0 Å². The van der Waals surface area contributed by atoms with Gasteiger partial charge in [-0.2, -0.15) is 0 Å². The predicted molar refractivity (Wildman–Crippen MR) is 89.7 cm³/mol. The van der Waals surface area contributed by atoms with Crippen LogP contribution in [0.4, 0.5) is 4.79 Å². The van der Waals surface area contributed by atoms with Gasteiger partial charge in [-0.15, -0.1) is 0 Å². The van der Waals surface area contributed by atoms with Crippen LogP contribution in [-0.4, -0.2) is 35.7 Å². The van der Waals surface area contributed by atoms with Crippen molar-refractivity contribution >= 4 is 22.0 Å². The van der Waals surface area contributed by atoms with Crippen molar-refractivity contribution in [2.24, 2.45) is 0 Å². The zero-order valence-electron chi connectivity index (χ0n) is 12.9. The summed E-state index contributed by atoms with van der Waals surface area (Å²) in [6, 6.07) is 8.57. The summed E-state index contributed by atoms with van der Waals surface area (Å²) in [6.07, 6.45) is 4.50. The van der Waals surface area contributed by atoms with Gasteiger partial charge in [0.1, 0.15) is 0 Å². The minimum Gasteiger partial charge on any atom is -0.376 e. The number of hydrogen-bond acceptors (Lipinski definition) is 2. The smallest absolute Gasteiger partial charge is 0.318 e. The fourth-order valence-electron chi connectivity index (χ4n) is 2.93. The number of rotatable bonds is 5. The van der Waals surface area contributed by atoms with E-state index in [4.69, 9.17) is 4.74 Å². The molecule has 1 aromatic rings. The summed E-state index contributed by atoms with van der Waals surface area (Å²) < 4.78 is 6.72. The third-order valence-electron chi connectivity index (χ3n) is 4.42. The van der Waals surface area contributed by atoms with Gasteiger partial charge >= 0.3 is 6.03 Å². The topological polar surface area (TPSA) is 41.6 Å². The number of benzene rings is 1. The summed E-state index contributed by atoms with van der Waals surface area (Å²) in [4.78, 5) is 14.6. The molecule has 120 valence electrons. The summed E-state index contributed by atoms with van der Waals surface area (Å²) in [5, 5.41) is 3.13. The number of ether oxygens (including phenoxy) is 1. The maximum atomic E-state index is 12.7. The second kappa shape index (κ2) is 7.01. The Bertz CT molecular complexity index is 527. The third-order valence-corrected chi connectivity index (χ3v) is 5.19. The number of carbonyl (C=O) groups excluding carboxylic acids is 1. The number of hydrogen-bond donors (Lipinski definition) is 1. The molecular weight excluding hydrogens is 344 g/mol. The van der Waals surface area contributed by atoms with Crippen LogP contribution in [0.2, 0.25) is 0 Å². The lowest BCUT2D eigenvalue weighted by Crippen LogP contribution is -2.48. The van der Waals surface area contributed by atoms with Gasteiger partial charge < -0.3 is 15.0 Å². The number of urea groups is 1. The summed E-state index contributed by atoms with van der Waals surface area (Å²) in [5.74, 6) is 0. The quantitative estimate of drug-likeness (QED) is 0.863. The van der Waals surface area contributed by atoms with Crippen LogP contribution in [0.15, 0.2) is 28.7 Å². The molecule has 0 radical (unpaired) electrons. The van der Waals surface area contributed by atoms with Crippen molar-refractivity contribution in [1.29, 1.82) is 0 Å². The van der Waals surface area contributed by atoms with Crippen LogP contribution < -0.4 is 5.32 Å². The highest BCUT2D eigenvalue weighted by atomic mass is 79.9. The first kappa shape index (κ1) is 15.8. The van der Waals surface area contributed by atoms with Crippen molar-refractivity contribution in [3.63, 3.8) is 0 Å². The molecule has 3 rings (SSSR count). The Morgan fingerprint density at radius 3 is 2.82 bits per heavy atom. The normalized spacial score (nSPS) is 22.4. The molecule has 2 amide bonds. The summed E-state index contributed by atoms with van der Waals surface area (Å²) >= 11 is 3.57. The molecule has 1 saturated heterocycles. The van der Waals surface area contributed by atoms with Gasteiger partial charge in [-0.05, 0) is 44.2 Å². The molecule has 2 fully saturated rings.